The summed E-state index contributed by atoms with van der Waals surface area (Å²) in [7, 11) is 0. The van der Waals surface area contributed by atoms with E-state index in [1.807, 2.05) is 60.4 Å². The van der Waals surface area contributed by atoms with Gasteiger partial charge in [-0.2, -0.15) is 5.26 Å². The summed E-state index contributed by atoms with van der Waals surface area (Å²) < 4.78 is 0. The summed E-state index contributed by atoms with van der Waals surface area (Å²) in [5.74, 6) is 0.354. The number of nitrogens with one attached hydrogen (secondary N) is 2. The number of hydrogen-bond acceptors (Lipinski definition) is 4. The molecule has 0 radical (unpaired) electrons. The van der Waals surface area contributed by atoms with Crippen molar-refractivity contribution in [1.29, 1.82) is 5.26 Å². The first-order valence-electron chi connectivity index (χ1n) is 11.4. The van der Waals surface area contributed by atoms with Gasteiger partial charge >= 0.3 is 6.03 Å². The van der Waals surface area contributed by atoms with Gasteiger partial charge in [0.05, 0.1) is 11.6 Å². The Morgan fingerprint density at radius 3 is 2.56 bits per heavy atom. The van der Waals surface area contributed by atoms with E-state index in [0.29, 0.717) is 42.4 Å². The standard InChI is InChI=1S/C27H27N5O2/c1-19-4-7-24(15-25(19)31-27(34)30-18-21-3-2-12-29-17-21)26(33)32-13-10-23(11-14-32)22-8-5-20(16-28)6-9-22/h2-9,12,15,17,23H,10-11,13-14,18H2,1H3,(H2,30,31,34). The molecule has 0 bridgehead atoms. The molecule has 0 unspecified atom stereocenters. The van der Waals surface area contributed by atoms with Crippen LogP contribution in [-0.4, -0.2) is 34.9 Å². The van der Waals surface area contributed by atoms with E-state index in [0.717, 1.165) is 24.0 Å². The molecule has 7 nitrogen and oxygen atoms in total. The summed E-state index contributed by atoms with van der Waals surface area (Å²) in [5, 5.41) is 14.6. The molecule has 1 fully saturated rings. The number of amides is 3. The lowest BCUT2D eigenvalue weighted by molar-refractivity contribution is 0.0713. The number of carbonyl (C=O) groups is 2. The monoisotopic (exact) mass is 453 g/mol. The largest absolute Gasteiger partial charge is 0.339 e. The number of anilines is 1. The molecule has 0 saturated carbocycles. The number of rotatable bonds is 5. The number of aryl methyl sites for hydroxylation is 1. The first kappa shape index (κ1) is 23.0. The highest BCUT2D eigenvalue weighted by Gasteiger charge is 2.25. The first-order valence-corrected chi connectivity index (χ1v) is 11.4. The molecule has 7 heteroatoms. The number of piperidine rings is 1. The highest BCUT2D eigenvalue weighted by atomic mass is 16.2. The van der Waals surface area contributed by atoms with Gasteiger partial charge in [0.1, 0.15) is 0 Å². The summed E-state index contributed by atoms with van der Waals surface area (Å²) >= 11 is 0. The molecule has 0 atom stereocenters. The maximum Gasteiger partial charge on any atom is 0.319 e. The molecule has 0 aliphatic carbocycles. The number of nitrogens with zero attached hydrogens (tertiary/aromatic N) is 3. The minimum Gasteiger partial charge on any atom is -0.339 e. The van der Waals surface area contributed by atoms with Crippen LogP contribution in [-0.2, 0) is 6.54 Å². The van der Waals surface area contributed by atoms with Crippen molar-refractivity contribution in [2.24, 2.45) is 0 Å². The summed E-state index contributed by atoms with van der Waals surface area (Å²) in [6.45, 7) is 3.61. The third-order valence-corrected chi connectivity index (χ3v) is 6.20. The molecule has 2 N–H and O–H groups in total. The van der Waals surface area contributed by atoms with Gasteiger partial charge in [-0.25, -0.2) is 4.79 Å². The average Bonchev–Trinajstić information content (AvgIpc) is 2.89. The molecule has 1 aliphatic rings. The van der Waals surface area contributed by atoms with E-state index in [1.165, 1.54) is 5.56 Å². The highest BCUT2D eigenvalue weighted by Crippen LogP contribution is 2.29. The molecule has 1 aliphatic heterocycles. The molecule has 1 saturated heterocycles. The number of benzene rings is 2. The Bertz CT molecular complexity index is 1190. The van der Waals surface area contributed by atoms with Gasteiger partial charge in [-0.1, -0.05) is 24.3 Å². The first-order chi connectivity index (χ1) is 16.5. The molecular formula is C27H27N5O2. The van der Waals surface area contributed by atoms with Gasteiger partial charge in [-0.3, -0.25) is 9.78 Å². The van der Waals surface area contributed by atoms with E-state index >= 15 is 0 Å². The molecule has 2 heterocycles. The fourth-order valence-electron chi connectivity index (χ4n) is 4.17. The maximum absolute atomic E-state index is 13.1. The van der Waals surface area contributed by atoms with Crippen molar-refractivity contribution in [3.05, 3.63) is 94.8 Å². The summed E-state index contributed by atoms with van der Waals surface area (Å²) in [6.07, 6.45) is 5.15. The molecule has 3 amide bonds. The molecule has 34 heavy (non-hydrogen) atoms. The summed E-state index contributed by atoms with van der Waals surface area (Å²) in [4.78, 5) is 31.4. The predicted octanol–water partition coefficient (Wildman–Crippen LogP) is 4.60. The number of nitriles is 1. The Kier molecular flexibility index (Phi) is 7.19. The zero-order valence-electron chi connectivity index (χ0n) is 19.1. The van der Waals surface area contributed by atoms with Crippen molar-refractivity contribution >= 4 is 17.6 Å². The normalized spacial score (nSPS) is 13.7. The Hall–Kier alpha value is -4.18. The Labute approximate surface area is 199 Å². The van der Waals surface area contributed by atoms with Gasteiger partial charge in [-0.05, 0) is 72.7 Å². The van der Waals surface area contributed by atoms with E-state index in [-0.39, 0.29) is 11.9 Å². The minimum absolute atomic E-state index is 0.0305. The molecule has 4 rings (SSSR count). The minimum atomic E-state index is -0.334. The SMILES string of the molecule is Cc1ccc(C(=O)N2CCC(c3ccc(C#N)cc3)CC2)cc1NC(=O)NCc1cccnc1. The summed E-state index contributed by atoms with van der Waals surface area (Å²) in [6, 6.07) is 18.7. The van der Waals surface area contributed by atoms with E-state index in [9.17, 15) is 9.59 Å². The van der Waals surface area contributed by atoms with Gasteiger partial charge in [0.15, 0.2) is 0 Å². The number of likely N-dealkylation sites (tertiary alicyclic amines) is 1. The van der Waals surface area contributed by atoms with Crippen molar-refractivity contribution in [1.82, 2.24) is 15.2 Å². The molecular weight excluding hydrogens is 426 g/mol. The Morgan fingerprint density at radius 2 is 1.88 bits per heavy atom. The lowest BCUT2D eigenvalue weighted by Gasteiger charge is -2.32. The van der Waals surface area contributed by atoms with Crippen LogP contribution >= 0.6 is 0 Å². The van der Waals surface area contributed by atoms with Crippen molar-refractivity contribution in [2.75, 3.05) is 18.4 Å². The second kappa shape index (κ2) is 10.6. The molecule has 172 valence electrons. The molecule has 0 spiro atoms. The van der Waals surface area contributed by atoms with Crippen LogP contribution in [0.5, 0.6) is 0 Å². The number of carbonyl (C=O) groups excluding carboxylic acids is 2. The van der Waals surface area contributed by atoms with Crippen LogP contribution in [0, 0.1) is 18.3 Å². The van der Waals surface area contributed by atoms with Crippen molar-refractivity contribution < 1.29 is 9.59 Å². The van der Waals surface area contributed by atoms with Crippen LogP contribution in [0.15, 0.2) is 67.0 Å². The molecule has 1 aromatic heterocycles. The number of aromatic nitrogens is 1. The highest BCUT2D eigenvalue weighted by molar-refractivity contribution is 5.97. The second-order valence-electron chi connectivity index (χ2n) is 8.50. The number of pyridine rings is 1. The predicted molar refractivity (Wildman–Crippen MR) is 130 cm³/mol. The van der Waals surface area contributed by atoms with Gasteiger partial charge in [0, 0.05) is 43.3 Å². The van der Waals surface area contributed by atoms with Gasteiger partial charge < -0.3 is 15.5 Å². The Balaban J connectivity index is 1.35. The van der Waals surface area contributed by atoms with Crippen molar-refractivity contribution in [3.63, 3.8) is 0 Å². The third-order valence-electron chi connectivity index (χ3n) is 6.20. The van der Waals surface area contributed by atoms with E-state index in [2.05, 4.69) is 21.7 Å². The van der Waals surface area contributed by atoms with E-state index in [4.69, 9.17) is 5.26 Å². The molecule has 3 aromatic rings. The zero-order chi connectivity index (χ0) is 23.9. The van der Waals surface area contributed by atoms with Crippen LogP contribution in [0.3, 0.4) is 0 Å². The lowest BCUT2D eigenvalue weighted by Crippen LogP contribution is -2.38. The quantitative estimate of drug-likeness (QED) is 0.590. The zero-order valence-corrected chi connectivity index (χ0v) is 19.1. The maximum atomic E-state index is 13.1. The number of hydrogen-bond donors (Lipinski definition) is 2. The van der Waals surface area contributed by atoms with Crippen LogP contribution in [0.1, 0.15) is 51.4 Å². The Morgan fingerprint density at radius 1 is 1.12 bits per heavy atom. The van der Waals surface area contributed by atoms with Gasteiger partial charge in [0.25, 0.3) is 5.91 Å². The van der Waals surface area contributed by atoms with Gasteiger partial charge in [-0.15, -0.1) is 0 Å². The topological polar surface area (TPSA) is 98.1 Å². The van der Waals surface area contributed by atoms with Crippen LogP contribution in [0.25, 0.3) is 0 Å². The van der Waals surface area contributed by atoms with E-state index < -0.39 is 0 Å². The van der Waals surface area contributed by atoms with E-state index in [1.54, 1.807) is 18.5 Å². The van der Waals surface area contributed by atoms with Crippen LogP contribution in [0.4, 0.5) is 10.5 Å². The lowest BCUT2D eigenvalue weighted by atomic mass is 9.89. The fraction of sp³-hybridized carbons (Fsp3) is 0.259. The smallest absolute Gasteiger partial charge is 0.319 e. The molecule has 2 aromatic carbocycles. The average molecular weight is 454 g/mol. The number of urea groups is 1. The second-order valence-corrected chi connectivity index (χ2v) is 8.50. The van der Waals surface area contributed by atoms with Crippen molar-refractivity contribution in [3.8, 4) is 6.07 Å². The van der Waals surface area contributed by atoms with Crippen LogP contribution in [0.2, 0.25) is 0 Å². The fourth-order valence-corrected chi connectivity index (χ4v) is 4.17. The third kappa shape index (κ3) is 5.59. The summed E-state index contributed by atoms with van der Waals surface area (Å²) in [5.41, 5.74) is 4.83. The van der Waals surface area contributed by atoms with Crippen molar-refractivity contribution in [2.45, 2.75) is 32.2 Å². The van der Waals surface area contributed by atoms with Gasteiger partial charge in [0.2, 0.25) is 0 Å². The van der Waals surface area contributed by atoms with Crippen LogP contribution < -0.4 is 10.6 Å².